The summed E-state index contributed by atoms with van der Waals surface area (Å²) in [5.74, 6) is 1.10. The van der Waals surface area contributed by atoms with Crippen molar-refractivity contribution < 1.29 is 0 Å². The molecule has 0 aromatic carbocycles. The molecule has 2 unspecified atom stereocenters. The lowest BCUT2D eigenvalue weighted by Crippen LogP contribution is -2.18. The molecule has 0 radical (unpaired) electrons. The molecule has 66 valence electrons. The van der Waals surface area contributed by atoms with Crippen molar-refractivity contribution in [2.45, 2.75) is 20.8 Å². The maximum Gasteiger partial charge on any atom is 0.0276 e. The van der Waals surface area contributed by atoms with Gasteiger partial charge in [0.05, 0.1) is 0 Å². The van der Waals surface area contributed by atoms with Crippen molar-refractivity contribution in [3.8, 4) is 0 Å². The highest BCUT2D eigenvalue weighted by Gasteiger charge is 2.21. The third kappa shape index (κ3) is 1.45. The van der Waals surface area contributed by atoms with Crippen LogP contribution in [0.2, 0.25) is 0 Å². The summed E-state index contributed by atoms with van der Waals surface area (Å²) in [7, 11) is 0. The zero-order valence-electron chi connectivity index (χ0n) is 8.09. The Morgan fingerprint density at radius 3 is 2.42 bits per heavy atom. The molecule has 1 heteroatoms. The molecule has 1 aliphatic rings. The quantitative estimate of drug-likeness (QED) is 0.631. The van der Waals surface area contributed by atoms with Crippen molar-refractivity contribution in [1.82, 2.24) is 0 Å². The maximum absolute atomic E-state index is 5.67. The van der Waals surface area contributed by atoms with Gasteiger partial charge in [-0.3, -0.25) is 0 Å². The molecule has 0 amide bonds. The molecule has 1 rings (SSSR count). The summed E-state index contributed by atoms with van der Waals surface area (Å²) in [6.07, 6.45) is 4.22. The van der Waals surface area contributed by atoms with Crippen LogP contribution in [0.4, 0.5) is 0 Å². The Balaban J connectivity index is 2.97. The molecule has 2 N–H and O–H groups in total. The van der Waals surface area contributed by atoms with Crippen LogP contribution in [0.5, 0.6) is 0 Å². The Hall–Kier alpha value is -0.980. The molecule has 0 heterocycles. The van der Waals surface area contributed by atoms with Crippen LogP contribution >= 0.6 is 0 Å². The van der Waals surface area contributed by atoms with E-state index in [4.69, 9.17) is 5.73 Å². The van der Waals surface area contributed by atoms with Gasteiger partial charge in [0, 0.05) is 5.70 Å². The van der Waals surface area contributed by atoms with Gasteiger partial charge in [-0.2, -0.15) is 0 Å². The standard InChI is InChI=1S/C11H17N/c1-7-5-6-11(10(4)12)9(3)8(7)2/h5-6,8-9H,4,12H2,1-3H3. The van der Waals surface area contributed by atoms with Gasteiger partial charge in [-0.15, -0.1) is 0 Å². The van der Waals surface area contributed by atoms with Crippen LogP contribution in [0.15, 0.2) is 35.6 Å². The van der Waals surface area contributed by atoms with E-state index in [1.165, 1.54) is 11.1 Å². The highest BCUT2D eigenvalue weighted by atomic mass is 14.6. The monoisotopic (exact) mass is 163 g/mol. The SMILES string of the molecule is C=C(N)C1=CC=C(C)C(C)C1C. The molecule has 0 aliphatic heterocycles. The Morgan fingerprint density at radius 1 is 1.33 bits per heavy atom. The Bertz CT molecular complexity index is 258. The molecule has 12 heavy (non-hydrogen) atoms. The topological polar surface area (TPSA) is 26.0 Å². The van der Waals surface area contributed by atoms with Crippen molar-refractivity contribution in [3.63, 3.8) is 0 Å². The molecule has 0 aromatic rings. The van der Waals surface area contributed by atoms with Gasteiger partial charge in [-0.05, 0) is 24.3 Å². The summed E-state index contributed by atoms with van der Waals surface area (Å²) in [6, 6.07) is 0. The van der Waals surface area contributed by atoms with Crippen LogP contribution in [0, 0.1) is 11.8 Å². The Labute approximate surface area is 74.7 Å². The number of hydrogen-bond donors (Lipinski definition) is 1. The van der Waals surface area contributed by atoms with E-state index in [1.54, 1.807) is 0 Å². The van der Waals surface area contributed by atoms with E-state index in [1.807, 2.05) is 0 Å². The van der Waals surface area contributed by atoms with Crippen molar-refractivity contribution >= 4 is 0 Å². The molecular formula is C11H17N. The van der Waals surface area contributed by atoms with Crippen molar-refractivity contribution in [2.24, 2.45) is 17.6 Å². The summed E-state index contributed by atoms with van der Waals surface area (Å²) >= 11 is 0. The highest BCUT2D eigenvalue weighted by molar-refractivity contribution is 5.37. The first-order chi connectivity index (χ1) is 5.54. The van der Waals surface area contributed by atoms with Crippen LogP contribution in [0.3, 0.4) is 0 Å². The van der Waals surface area contributed by atoms with Crippen LogP contribution in [-0.2, 0) is 0 Å². The van der Waals surface area contributed by atoms with Crippen LogP contribution < -0.4 is 5.73 Å². The summed E-state index contributed by atoms with van der Waals surface area (Å²) < 4.78 is 0. The smallest absolute Gasteiger partial charge is 0.0276 e. The third-order valence-corrected chi connectivity index (χ3v) is 2.86. The molecule has 2 atom stereocenters. The third-order valence-electron chi connectivity index (χ3n) is 2.86. The number of hydrogen-bond acceptors (Lipinski definition) is 1. The van der Waals surface area contributed by atoms with E-state index in [9.17, 15) is 0 Å². The van der Waals surface area contributed by atoms with Crippen LogP contribution in [-0.4, -0.2) is 0 Å². The van der Waals surface area contributed by atoms with E-state index < -0.39 is 0 Å². The van der Waals surface area contributed by atoms with Crippen LogP contribution in [0.1, 0.15) is 20.8 Å². The Morgan fingerprint density at radius 2 is 1.92 bits per heavy atom. The fraction of sp³-hybridized carbons (Fsp3) is 0.455. The minimum absolute atomic E-state index is 0.507. The summed E-state index contributed by atoms with van der Waals surface area (Å²) in [5, 5.41) is 0. The summed E-state index contributed by atoms with van der Waals surface area (Å²) in [5.41, 5.74) is 8.99. The lowest BCUT2D eigenvalue weighted by atomic mass is 9.79. The fourth-order valence-electron chi connectivity index (χ4n) is 1.59. The average Bonchev–Trinajstić information content (AvgIpc) is 2.00. The second kappa shape index (κ2) is 3.18. The molecule has 0 aromatic heterocycles. The zero-order chi connectivity index (χ0) is 9.30. The normalized spacial score (nSPS) is 29.2. The first kappa shape index (κ1) is 9.11. The molecule has 0 saturated carbocycles. The van der Waals surface area contributed by atoms with E-state index in [0.717, 1.165) is 0 Å². The molecule has 0 spiro atoms. The summed E-state index contributed by atoms with van der Waals surface area (Å²) in [6.45, 7) is 10.4. The van der Waals surface area contributed by atoms with Crippen molar-refractivity contribution in [2.75, 3.05) is 0 Å². The molecular weight excluding hydrogens is 146 g/mol. The lowest BCUT2D eigenvalue weighted by molar-refractivity contribution is 0.500. The van der Waals surface area contributed by atoms with Gasteiger partial charge < -0.3 is 5.73 Å². The number of nitrogens with two attached hydrogens (primary N) is 1. The average molecular weight is 163 g/mol. The second-order valence-corrected chi connectivity index (χ2v) is 3.64. The minimum Gasteiger partial charge on any atom is -0.399 e. The first-order valence-electron chi connectivity index (χ1n) is 4.37. The van der Waals surface area contributed by atoms with E-state index in [-0.39, 0.29) is 0 Å². The highest BCUT2D eigenvalue weighted by Crippen LogP contribution is 2.32. The van der Waals surface area contributed by atoms with Crippen molar-refractivity contribution in [1.29, 1.82) is 0 Å². The molecule has 0 fully saturated rings. The minimum atomic E-state index is 0.507. The predicted octanol–water partition coefficient (Wildman–Crippen LogP) is 2.62. The van der Waals surface area contributed by atoms with Crippen LogP contribution in [0.25, 0.3) is 0 Å². The molecule has 0 saturated heterocycles. The largest absolute Gasteiger partial charge is 0.399 e. The van der Waals surface area contributed by atoms with E-state index in [0.29, 0.717) is 17.5 Å². The van der Waals surface area contributed by atoms with Gasteiger partial charge in [-0.1, -0.05) is 38.2 Å². The van der Waals surface area contributed by atoms with Crippen molar-refractivity contribution in [3.05, 3.63) is 35.6 Å². The number of rotatable bonds is 1. The van der Waals surface area contributed by atoms with E-state index in [2.05, 4.69) is 39.5 Å². The van der Waals surface area contributed by atoms with Gasteiger partial charge in [0.2, 0.25) is 0 Å². The van der Waals surface area contributed by atoms with E-state index >= 15 is 0 Å². The zero-order valence-corrected chi connectivity index (χ0v) is 8.09. The second-order valence-electron chi connectivity index (χ2n) is 3.64. The Kier molecular flexibility index (Phi) is 2.41. The van der Waals surface area contributed by atoms with Gasteiger partial charge >= 0.3 is 0 Å². The lowest BCUT2D eigenvalue weighted by Gasteiger charge is -2.27. The predicted molar refractivity (Wildman–Crippen MR) is 53.5 cm³/mol. The molecule has 0 bridgehead atoms. The summed E-state index contributed by atoms with van der Waals surface area (Å²) in [4.78, 5) is 0. The number of allylic oxidation sites excluding steroid dienone is 4. The van der Waals surface area contributed by atoms with Gasteiger partial charge in [0.15, 0.2) is 0 Å². The fourth-order valence-corrected chi connectivity index (χ4v) is 1.59. The van der Waals surface area contributed by atoms with Gasteiger partial charge in [-0.25, -0.2) is 0 Å². The van der Waals surface area contributed by atoms with Gasteiger partial charge in [0.25, 0.3) is 0 Å². The molecule has 1 nitrogen and oxygen atoms in total. The molecule has 1 aliphatic carbocycles. The van der Waals surface area contributed by atoms with Gasteiger partial charge in [0.1, 0.15) is 0 Å². The maximum atomic E-state index is 5.67. The first-order valence-corrected chi connectivity index (χ1v) is 4.37.